The highest BCUT2D eigenvalue weighted by atomic mass is 35.5. The number of rotatable bonds is 1. The van der Waals surface area contributed by atoms with E-state index in [1.54, 1.807) is 31.3 Å². The summed E-state index contributed by atoms with van der Waals surface area (Å²) in [5, 5.41) is 0.639. The summed E-state index contributed by atoms with van der Waals surface area (Å²) in [5.74, 6) is 0. The maximum atomic E-state index is 12.3. The first-order valence-corrected chi connectivity index (χ1v) is 7.66. The number of halogens is 1. The monoisotopic (exact) mass is 293 g/mol. The van der Waals surface area contributed by atoms with E-state index >= 15 is 0 Å². The zero-order chi connectivity index (χ0) is 13.6. The number of sulfonamides is 1. The van der Waals surface area contributed by atoms with Crippen molar-refractivity contribution in [2.75, 3.05) is 7.05 Å². The lowest BCUT2D eigenvalue weighted by atomic mass is 9.99. The summed E-state index contributed by atoms with van der Waals surface area (Å²) in [7, 11) is -1.79. The molecule has 2 aromatic rings. The van der Waals surface area contributed by atoms with E-state index in [9.17, 15) is 8.42 Å². The summed E-state index contributed by atoms with van der Waals surface area (Å²) >= 11 is 5.88. The predicted octanol–water partition coefficient (Wildman–Crippen LogP) is 3.06. The molecule has 3 nitrogen and oxygen atoms in total. The molecule has 0 fully saturated rings. The van der Waals surface area contributed by atoms with Crippen molar-refractivity contribution in [1.29, 1.82) is 0 Å². The van der Waals surface area contributed by atoms with Crippen LogP contribution in [0.15, 0.2) is 53.4 Å². The minimum absolute atomic E-state index is 0.279. The molecule has 98 valence electrons. The van der Waals surface area contributed by atoms with Gasteiger partial charge in [-0.25, -0.2) is 8.42 Å². The fourth-order valence-electron chi connectivity index (χ4n) is 2.47. The van der Waals surface area contributed by atoms with Crippen molar-refractivity contribution in [1.82, 2.24) is 4.31 Å². The van der Waals surface area contributed by atoms with Crippen LogP contribution >= 0.6 is 11.6 Å². The Labute approximate surface area is 117 Å². The Morgan fingerprint density at radius 2 is 1.68 bits per heavy atom. The van der Waals surface area contributed by atoms with Crippen molar-refractivity contribution in [3.05, 3.63) is 64.7 Å². The molecule has 0 amide bonds. The fourth-order valence-corrected chi connectivity index (χ4v) is 4.14. The molecular formula is C14H12ClNO2S. The number of nitrogens with zero attached hydrogens (tertiary/aromatic N) is 1. The van der Waals surface area contributed by atoms with Gasteiger partial charge in [-0.2, -0.15) is 4.31 Å². The topological polar surface area (TPSA) is 37.4 Å². The van der Waals surface area contributed by atoms with Crippen molar-refractivity contribution in [2.24, 2.45) is 0 Å². The highest BCUT2D eigenvalue weighted by Gasteiger charge is 2.40. The van der Waals surface area contributed by atoms with Crippen LogP contribution in [0.25, 0.3) is 0 Å². The Bertz CT molecular complexity index is 725. The smallest absolute Gasteiger partial charge is 0.207 e. The first-order chi connectivity index (χ1) is 9.01. The Hall–Kier alpha value is -1.36. The summed E-state index contributed by atoms with van der Waals surface area (Å²) < 4.78 is 26.1. The lowest BCUT2D eigenvalue weighted by molar-refractivity contribution is 0.440. The summed E-state index contributed by atoms with van der Waals surface area (Å²) in [5.41, 5.74) is 1.73. The highest BCUT2D eigenvalue weighted by molar-refractivity contribution is 7.89. The zero-order valence-corrected chi connectivity index (χ0v) is 11.8. The quantitative estimate of drug-likeness (QED) is 0.810. The average molecular weight is 294 g/mol. The van der Waals surface area contributed by atoms with Gasteiger partial charge in [0.05, 0.1) is 10.9 Å². The summed E-state index contributed by atoms with van der Waals surface area (Å²) in [6, 6.07) is 14.1. The molecule has 0 saturated heterocycles. The molecule has 0 radical (unpaired) electrons. The molecule has 0 N–H and O–H groups in total. The molecule has 0 aliphatic carbocycles. The van der Waals surface area contributed by atoms with Crippen LogP contribution in [0, 0.1) is 0 Å². The SMILES string of the molecule is CN1C(c2ccc(Cl)cc2)c2ccccc2S1(=O)=O. The third-order valence-electron chi connectivity index (χ3n) is 3.42. The maximum absolute atomic E-state index is 12.3. The van der Waals surface area contributed by atoms with Gasteiger partial charge in [-0.1, -0.05) is 41.9 Å². The number of hydrogen-bond acceptors (Lipinski definition) is 2. The summed E-state index contributed by atoms with van der Waals surface area (Å²) in [6.07, 6.45) is 0. The lowest BCUT2D eigenvalue weighted by Gasteiger charge is -2.19. The second-order valence-corrected chi connectivity index (χ2v) is 6.92. The van der Waals surface area contributed by atoms with Crippen LogP contribution in [0.3, 0.4) is 0 Å². The molecule has 19 heavy (non-hydrogen) atoms. The molecule has 5 heteroatoms. The van der Waals surface area contributed by atoms with Crippen LogP contribution in [0.1, 0.15) is 17.2 Å². The van der Waals surface area contributed by atoms with Crippen LogP contribution < -0.4 is 0 Å². The third-order valence-corrected chi connectivity index (χ3v) is 5.57. The fraction of sp³-hybridized carbons (Fsp3) is 0.143. The largest absolute Gasteiger partial charge is 0.244 e. The van der Waals surface area contributed by atoms with Crippen molar-refractivity contribution in [3.8, 4) is 0 Å². The van der Waals surface area contributed by atoms with E-state index in [1.807, 2.05) is 24.3 Å². The van der Waals surface area contributed by atoms with Gasteiger partial charge in [-0.15, -0.1) is 0 Å². The molecule has 2 aromatic carbocycles. The first kappa shape index (κ1) is 12.7. The van der Waals surface area contributed by atoms with Gasteiger partial charge in [-0.3, -0.25) is 0 Å². The van der Waals surface area contributed by atoms with Crippen molar-refractivity contribution < 1.29 is 8.42 Å². The first-order valence-electron chi connectivity index (χ1n) is 5.84. The molecule has 1 atom stereocenters. The molecule has 0 saturated carbocycles. The van der Waals surface area contributed by atoms with Gasteiger partial charge in [0.1, 0.15) is 0 Å². The van der Waals surface area contributed by atoms with Gasteiger partial charge in [0.2, 0.25) is 10.0 Å². The number of hydrogen-bond donors (Lipinski definition) is 0. The van der Waals surface area contributed by atoms with Gasteiger partial charge >= 0.3 is 0 Å². The van der Waals surface area contributed by atoms with E-state index in [2.05, 4.69) is 0 Å². The molecule has 0 bridgehead atoms. The minimum atomic E-state index is -3.39. The van der Waals surface area contributed by atoms with Gasteiger partial charge in [0.15, 0.2) is 0 Å². The number of fused-ring (bicyclic) bond motifs is 1. The van der Waals surface area contributed by atoms with Gasteiger partial charge in [-0.05, 0) is 29.3 Å². The molecular weight excluding hydrogens is 282 g/mol. The molecule has 0 aromatic heterocycles. The van der Waals surface area contributed by atoms with E-state index < -0.39 is 10.0 Å². The Balaban J connectivity index is 2.21. The minimum Gasteiger partial charge on any atom is -0.207 e. The zero-order valence-electron chi connectivity index (χ0n) is 10.2. The molecule has 1 aliphatic heterocycles. The Kier molecular flexibility index (Phi) is 2.89. The highest BCUT2D eigenvalue weighted by Crippen LogP contribution is 2.41. The Morgan fingerprint density at radius 1 is 1.05 bits per heavy atom. The molecule has 1 unspecified atom stereocenters. The van der Waals surface area contributed by atoms with Crippen LogP contribution in [0.4, 0.5) is 0 Å². The summed E-state index contributed by atoms with van der Waals surface area (Å²) in [4.78, 5) is 0.387. The normalized spacial score (nSPS) is 21.3. The van der Waals surface area contributed by atoms with E-state index in [0.29, 0.717) is 9.92 Å². The van der Waals surface area contributed by atoms with E-state index in [-0.39, 0.29) is 6.04 Å². The summed E-state index contributed by atoms with van der Waals surface area (Å²) in [6.45, 7) is 0. The second kappa shape index (κ2) is 4.34. The van der Waals surface area contributed by atoms with Crippen LogP contribution in [0.5, 0.6) is 0 Å². The third kappa shape index (κ3) is 1.87. The van der Waals surface area contributed by atoms with Crippen LogP contribution in [0.2, 0.25) is 5.02 Å². The van der Waals surface area contributed by atoms with Crippen LogP contribution in [-0.4, -0.2) is 19.8 Å². The average Bonchev–Trinajstić information content (AvgIpc) is 2.60. The van der Waals surface area contributed by atoms with E-state index in [0.717, 1.165) is 11.1 Å². The molecule has 1 heterocycles. The predicted molar refractivity (Wildman–Crippen MR) is 74.7 cm³/mol. The second-order valence-electron chi connectivity index (χ2n) is 4.51. The standard InChI is InChI=1S/C14H12ClNO2S/c1-16-14(10-6-8-11(15)9-7-10)12-4-2-3-5-13(12)19(16,17)18/h2-9,14H,1H3. The molecule has 0 spiro atoms. The van der Waals surface area contributed by atoms with Crippen molar-refractivity contribution >= 4 is 21.6 Å². The van der Waals surface area contributed by atoms with Gasteiger partial charge in [0, 0.05) is 12.1 Å². The molecule has 1 aliphatic rings. The van der Waals surface area contributed by atoms with E-state index in [1.165, 1.54) is 4.31 Å². The van der Waals surface area contributed by atoms with Crippen LogP contribution in [-0.2, 0) is 10.0 Å². The Morgan fingerprint density at radius 3 is 2.37 bits per heavy atom. The number of benzene rings is 2. The lowest BCUT2D eigenvalue weighted by Crippen LogP contribution is -2.24. The van der Waals surface area contributed by atoms with Crippen molar-refractivity contribution in [2.45, 2.75) is 10.9 Å². The van der Waals surface area contributed by atoms with E-state index in [4.69, 9.17) is 11.6 Å². The van der Waals surface area contributed by atoms with Gasteiger partial charge < -0.3 is 0 Å². The van der Waals surface area contributed by atoms with Gasteiger partial charge in [0.25, 0.3) is 0 Å². The maximum Gasteiger partial charge on any atom is 0.244 e. The van der Waals surface area contributed by atoms with Crippen molar-refractivity contribution in [3.63, 3.8) is 0 Å². The molecule has 3 rings (SSSR count).